The van der Waals surface area contributed by atoms with Gasteiger partial charge in [-0.2, -0.15) is 0 Å². The number of esters is 3. The average molecular weight is 406 g/mol. The third-order valence-corrected chi connectivity index (χ3v) is 7.27. The van der Waals surface area contributed by atoms with Gasteiger partial charge in [0.05, 0.1) is 11.7 Å². The first-order valence-electron chi connectivity index (χ1n) is 9.76. The Hall–Kier alpha value is -2.19. The molecule has 7 atom stereocenters. The van der Waals surface area contributed by atoms with Crippen LogP contribution in [0.2, 0.25) is 0 Å². The zero-order valence-electron chi connectivity index (χ0n) is 17.2. The molecule has 1 saturated heterocycles. The Morgan fingerprint density at radius 2 is 1.93 bits per heavy atom. The number of rotatable bonds is 3. The number of fused-ring (bicyclic) bond motifs is 1. The maximum absolute atomic E-state index is 12.5. The molecule has 0 amide bonds. The quantitative estimate of drug-likeness (QED) is 0.325. The minimum absolute atomic E-state index is 0.0395. The smallest absolute Gasteiger partial charge is 0.336 e. The average Bonchev–Trinajstić information content (AvgIpc) is 3.24. The summed E-state index contributed by atoms with van der Waals surface area (Å²) in [7, 11) is 0. The van der Waals surface area contributed by atoms with Crippen LogP contribution in [-0.4, -0.2) is 52.7 Å². The van der Waals surface area contributed by atoms with Crippen LogP contribution < -0.4 is 0 Å². The highest BCUT2D eigenvalue weighted by Crippen LogP contribution is 2.71. The highest BCUT2D eigenvalue weighted by Gasteiger charge is 2.82. The molecule has 4 aliphatic rings. The molecule has 0 aromatic carbocycles. The predicted octanol–water partition coefficient (Wildman–Crippen LogP) is 1.56. The molecule has 2 aliphatic carbocycles. The standard InChI is InChI=1S/C21H26O8/c1-9(2)17(23)27-16-15-10(3)18(24)29-21(15,25)8-20-14(28-20)7-13(26-12(5)22)11(4)19(16,20)6/h11,13-14,16,25H,1,7-8H2,2-6H3. The van der Waals surface area contributed by atoms with Gasteiger partial charge in [-0.15, -0.1) is 0 Å². The van der Waals surface area contributed by atoms with Gasteiger partial charge in [0.1, 0.15) is 17.8 Å². The fourth-order valence-corrected chi connectivity index (χ4v) is 5.55. The van der Waals surface area contributed by atoms with E-state index in [0.717, 1.165) is 0 Å². The second-order valence-electron chi connectivity index (χ2n) is 8.91. The topological polar surface area (TPSA) is 112 Å². The van der Waals surface area contributed by atoms with Crippen LogP contribution in [0, 0.1) is 11.3 Å². The molecule has 8 heteroatoms. The molecule has 7 unspecified atom stereocenters. The van der Waals surface area contributed by atoms with Crippen molar-refractivity contribution >= 4 is 17.9 Å². The largest absolute Gasteiger partial charge is 0.462 e. The van der Waals surface area contributed by atoms with E-state index in [1.807, 2.05) is 13.8 Å². The fraction of sp³-hybridized carbons (Fsp3) is 0.667. The summed E-state index contributed by atoms with van der Waals surface area (Å²) in [5, 5.41) is 11.2. The van der Waals surface area contributed by atoms with Crippen molar-refractivity contribution in [2.75, 3.05) is 0 Å². The lowest BCUT2D eigenvalue weighted by molar-refractivity contribution is -0.232. The monoisotopic (exact) mass is 406 g/mol. The van der Waals surface area contributed by atoms with Gasteiger partial charge in [-0.1, -0.05) is 20.4 Å². The second-order valence-corrected chi connectivity index (χ2v) is 8.91. The lowest BCUT2D eigenvalue weighted by Crippen LogP contribution is -2.66. The van der Waals surface area contributed by atoms with Gasteiger partial charge in [-0.05, 0) is 13.8 Å². The number of carbonyl (C=O) groups excluding carboxylic acids is 3. The van der Waals surface area contributed by atoms with Crippen LogP contribution in [0.25, 0.3) is 0 Å². The van der Waals surface area contributed by atoms with E-state index in [1.54, 1.807) is 6.92 Å². The number of hydrogen-bond donors (Lipinski definition) is 1. The Kier molecular flexibility index (Phi) is 4.10. The van der Waals surface area contributed by atoms with Crippen molar-refractivity contribution in [3.8, 4) is 0 Å². The summed E-state index contributed by atoms with van der Waals surface area (Å²) in [6.45, 7) is 11.8. The Bertz CT molecular complexity index is 874. The predicted molar refractivity (Wildman–Crippen MR) is 98.1 cm³/mol. The normalized spacial score (nSPS) is 44.8. The van der Waals surface area contributed by atoms with Crippen molar-refractivity contribution in [3.63, 3.8) is 0 Å². The highest BCUT2D eigenvalue weighted by atomic mass is 16.7. The summed E-state index contributed by atoms with van der Waals surface area (Å²) < 4.78 is 22.8. The minimum atomic E-state index is -1.90. The summed E-state index contributed by atoms with van der Waals surface area (Å²) in [5.74, 6) is -3.89. The molecule has 0 aromatic rings. The van der Waals surface area contributed by atoms with Gasteiger partial charge in [0.2, 0.25) is 5.79 Å². The molecule has 2 aliphatic heterocycles. The fourth-order valence-electron chi connectivity index (χ4n) is 5.55. The molecule has 2 heterocycles. The second kappa shape index (κ2) is 5.92. The van der Waals surface area contributed by atoms with Gasteiger partial charge in [-0.25, -0.2) is 9.59 Å². The van der Waals surface area contributed by atoms with E-state index in [1.165, 1.54) is 13.8 Å². The molecule has 1 spiro atoms. The molecule has 4 rings (SSSR count). The minimum Gasteiger partial charge on any atom is -0.462 e. The van der Waals surface area contributed by atoms with Crippen LogP contribution in [0.1, 0.15) is 47.5 Å². The van der Waals surface area contributed by atoms with Crippen molar-refractivity contribution in [2.45, 2.75) is 77.2 Å². The van der Waals surface area contributed by atoms with Crippen LogP contribution >= 0.6 is 0 Å². The Labute approximate surface area is 168 Å². The van der Waals surface area contributed by atoms with E-state index in [2.05, 4.69) is 6.58 Å². The van der Waals surface area contributed by atoms with Crippen LogP contribution in [0.4, 0.5) is 0 Å². The zero-order valence-corrected chi connectivity index (χ0v) is 17.2. The molecule has 0 aromatic heterocycles. The number of hydrogen-bond acceptors (Lipinski definition) is 8. The van der Waals surface area contributed by atoms with Gasteiger partial charge in [-0.3, -0.25) is 4.79 Å². The summed E-state index contributed by atoms with van der Waals surface area (Å²) >= 11 is 0. The summed E-state index contributed by atoms with van der Waals surface area (Å²) in [6, 6.07) is 0. The van der Waals surface area contributed by atoms with Crippen molar-refractivity contribution in [1.82, 2.24) is 0 Å². The van der Waals surface area contributed by atoms with Gasteiger partial charge >= 0.3 is 17.9 Å². The Balaban J connectivity index is 1.86. The number of epoxide rings is 1. The first kappa shape index (κ1) is 20.1. The van der Waals surface area contributed by atoms with Crippen LogP contribution in [0.15, 0.2) is 23.3 Å². The molecule has 2 saturated carbocycles. The lowest BCUT2D eigenvalue weighted by Gasteiger charge is -2.55. The molecule has 8 nitrogen and oxygen atoms in total. The summed E-state index contributed by atoms with van der Waals surface area (Å²) in [5.41, 5.74) is -1.10. The first-order chi connectivity index (χ1) is 13.4. The Morgan fingerprint density at radius 3 is 2.52 bits per heavy atom. The molecular weight excluding hydrogens is 380 g/mol. The van der Waals surface area contributed by atoms with E-state index in [-0.39, 0.29) is 35.2 Å². The van der Waals surface area contributed by atoms with E-state index in [9.17, 15) is 19.5 Å². The number of ether oxygens (including phenoxy) is 4. The SMILES string of the molecule is C=C(C)C(=O)OC1C2=C(C)C(=O)OC2(O)CC23OC2CC(OC(C)=O)C(C)C13C. The van der Waals surface area contributed by atoms with Crippen molar-refractivity contribution in [1.29, 1.82) is 0 Å². The third kappa shape index (κ3) is 2.48. The number of carbonyl (C=O) groups is 3. The van der Waals surface area contributed by atoms with E-state index in [4.69, 9.17) is 18.9 Å². The van der Waals surface area contributed by atoms with Gasteiger partial charge in [0.15, 0.2) is 0 Å². The Morgan fingerprint density at radius 1 is 1.28 bits per heavy atom. The summed E-state index contributed by atoms with van der Waals surface area (Å²) in [4.78, 5) is 36.5. The van der Waals surface area contributed by atoms with Gasteiger partial charge in [0.25, 0.3) is 0 Å². The van der Waals surface area contributed by atoms with Crippen molar-refractivity contribution in [2.24, 2.45) is 11.3 Å². The van der Waals surface area contributed by atoms with E-state index >= 15 is 0 Å². The first-order valence-corrected chi connectivity index (χ1v) is 9.76. The van der Waals surface area contributed by atoms with E-state index in [0.29, 0.717) is 6.42 Å². The lowest BCUT2D eigenvalue weighted by atomic mass is 9.51. The van der Waals surface area contributed by atoms with Gasteiger partial charge < -0.3 is 24.1 Å². The molecule has 3 fully saturated rings. The van der Waals surface area contributed by atoms with Crippen molar-refractivity contribution in [3.05, 3.63) is 23.3 Å². The number of aliphatic hydroxyl groups is 1. The maximum Gasteiger partial charge on any atom is 0.336 e. The molecule has 158 valence electrons. The van der Waals surface area contributed by atoms with Crippen LogP contribution in [0.3, 0.4) is 0 Å². The molecule has 1 N–H and O–H groups in total. The zero-order chi connectivity index (χ0) is 21.5. The summed E-state index contributed by atoms with van der Waals surface area (Å²) in [6.07, 6.45) is -1.27. The maximum atomic E-state index is 12.5. The molecule has 29 heavy (non-hydrogen) atoms. The molecular formula is C21H26O8. The van der Waals surface area contributed by atoms with Crippen molar-refractivity contribution < 1.29 is 38.4 Å². The van der Waals surface area contributed by atoms with Crippen LogP contribution in [0.5, 0.6) is 0 Å². The molecule has 0 bridgehead atoms. The third-order valence-electron chi connectivity index (χ3n) is 7.27. The van der Waals surface area contributed by atoms with Gasteiger partial charge in [0, 0.05) is 42.2 Å². The van der Waals surface area contributed by atoms with E-state index < -0.39 is 46.9 Å². The van der Waals surface area contributed by atoms with Crippen LogP contribution in [-0.2, 0) is 33.3 Å². The molecule has 0 radical (unpaired) electrons. The highest BCUT2D eigenvalue weighted by molar-refractivity contribution is 5.93.